The first-order valence-corrected chi connectivity index (χ1v) is 4.68. The van der Waals surface area contributed by atoms with Crippen molar-refractivity contribution < 1.29 is 33.4 Å². The van der Waals surface area contributed by atoms with E-state index >= 15 is 0 Å². The first-order valence-electron chi connectivity index (χ1n) is 3.44. The van der Waals surface area contributed by atoms with Crippen LogP contribution in [0, 0.1) is 20.4 Å². The molecule has 0 radical (unpaired) electrons. The molecule has 0 aliphatic carbocycles. The molecule has 0 atom stereocenters. The Morgan fingerprint density at radius 1 is 1.33 bits per heavy atom. The lowest BCUT2D eigenvalue weighted by molar-refractivity contribution is -1.91. The van der Waals surface area contributed by atoms with Crippen LogP contribution in [0.1, 0.15) is 0 Å². The number of benzene rings is 1. The lowest BCUT2D eigenvalue weighted by atomic mass is 10.2. The summed E-state index contributed by atoms with van der Waals surface area (Å²) in [6, 6.07) is 3.37. The minimum atomic E-state index is -4.81. The third-order valence-electron chi connectivity index (χ3n) is 1.39. The molecule has 2 N–H and O–H groups in total. The van der Waals surface area contributed by atoms with E-state index in [4.69, 9.17) is 5.73 Å². The fourth-order valence-electron chi connectivity index (χ4n) is 0.865. The molecular weight excluding hydrogens is 232 g/mol. The van der Waals surface area contributed by atoms with E-state index < -0.39 is 26.6 Å². The van der Waals surface area contributed by atoms with E-state index in [1.165, 1.54) is 12.1 Å². The Bertz CT molecular complexity index is 390. The van der Waals surface area contributed by atoms with Gasteiger partial charge in [-0.25, -0.2) is 0 Å². The summed E-state index contributed by atoms with van der Waals surface area (Å²) in [5, 5.41) is 10.4. The van der Waals surface area contributed by atoms with Gasteiger partial charge in [-0.3, -0.25) is 10.1 Å². The first kappa shape index (κ1) is 11.5. The smallest absolute Gasteiger partial charge is 0.387 e. The van der Waals surface area contributed by atoms with Crippen molar-refractivity contribution in [2.45, 2.75) is 0 Å². The lowest BCUT2D eigenvalue weighted by Gasteiger charge is -2.12. The van der Waals surface area contributed by atoms with Crippen LogP contribution in [0.5, 0.6) is 5.75 Å². The van der Waals surface area contributed by atoms with Crippen LogP contribution in [0.2, 0.25) is 0 Å². The van der Waals surface area contributed by atoms with E-state index in [1.54, 1.807) is 0 Å². The van der Waals surface area contributed by atoms with Crippen LogP contribution in [0.4, 0.5) is 11.4 Å². The maximum Gasteiger partial charge on any atom is 0.387 e. The minimum absolute atomic E-state index is 0.309. The van der Waals surface area contributed by atoms with Gasteiger partial charge < -0.3 is 5.73 Å². The Morgan fingerprint density at radius 2 is 1.93 bits per heavy atom. The number of nitrogens with two attached hydrogens (primary N) is 1. The molecule has 1 aromatic rings. The van der Waals surface area contributed by atoms with Gasteiger partial charge in [0.05, 0.1) is 10.6 Å². The molecule has 0 bridgehead atoms. The van der Waals surface area contributed by atoms with E-state index in [2.05, 4.69) is 4.29 Å². The first-order chi connectivity index (χ1) is 6.81. The zero-order chi connectivity index (χ0) is 11.6. The van der Waals surface area contributed by atoms with Crippen LogP contribution in [0.25, 0.3) is 0 Å². The highest BCUT2D eigenvalue weighted by Crippen LogP contribution is 2.33. The molecule has 0 aromatic heterocycles. The molecule has 82 valence electrons. The number of anilines is 1. The molecule has 0 heterocycles. The topological polar surface area (TPSA) is 148 Å². The summed E-state index contributed by atoms with van der Waals surface area (Å²) in [6.45, 7) is 0. The second kappa shape index (κ2) is 3.87. The zero-order valence-electron chi connectivity index (χ0n) is 7.08. The van der Waals surface area contributed by atoms with Gasteiger partial charge >= 0.3 is 11.4 Å². The van der Waals surface area contributed by atoms with Gasteiger partial charge in [0, 0.05) is 6.07 Å². The van der Waals surface area contributed by atoms with Crippen LogP contribution in [-0.4, -0.2) is 4.92 Å². The molecule has 0 saturated heterocycles. The number of nitrogens with zero attached hydrogens (tertiary/aromatic N) is 1. The predicted molar refractivity (Wildman–Crippen MR) is 38.1 cm³/mol. The number of nitro benzene ring substituents is 1. The van der Waals surface area contributed by atoms with Crippen LogP contribution in [0.3, 0.4) is 0 Å². The van der Waals surface area contributed by atoms with Gasteiger partial charge in [0.25, 0.3) is 0 Å². The molecule has 8 nitrogen and oxygen atoms in total. The highest BCUT2D eigenvalue weighted by molar-refractivity contribution is 5.63. The van der Waals surface area contributed by atoms with E-state index in [-0.39, 0.29) is 5.69 Å². The maximum absolute atomic E-state index is 10.4. The Labute approximate surface area is 85.4 Å². The molecule has 0 saturated carbocycles. The Hall–Kier alpha value is -1.61. The summed E-state index contributed by atoms with van der Waals surface area (Å²) in [4.78, 5) is 9.52. The number of nitro groups is 1. The second-order valence-corrected chi connectivity index (χ2v) is 3.32. The SMILES string of the molecule is Nc1cccc([N+](=O)[O-])c1O[Cl+3]([O-])([O-])[O-]. The summed E-state index contributed by atoms with van der Waals surface area (Å²) in [7, 11) is -4.81. The average molecular weight is 237 g/mol. The third kappa shape index (κ3) is 2.92. The van der Waals surface area contributed by atoms with E-state index in [0.717, 1.165) is 6.07 Å². The standard InChI is InChI=1S/C6H5ClN2O6/c8-4-2-1-3-5(9(13)14)6(4)15-7(10,11)12/h1-3H,8H2. The van der Waals surface area contributed by atoms with Crippen molar-refractivity contribution in [1.82, 2.24) is 0 Å². The van der Waals surface area contributed by atoms with E-state index in [0.29, 0.717) is 0 Å². The summed E-state index contributed by atoms with van der Waals surface area (Å²) < 4.78 is 34.6. The Balaban J connectivity index is 3.19. The fraction of sp³-hybridized carbons (Fsp3) is 0. The highest BCUT2D eigenvalue weighted by atomic mass is 35.7. The predicted octanol–water partition coefficient (Wildman–Crippen LogP) is -2.55. The number of para-hydroxylation sites is 1. The van der Waals surface area contributed by atoms with Gasteiger partial charge in [-0.15, -0.1) is 0 Å². The molecule has 1 aromatic carbocycles. The van der Waals surface area contributed by atoms with Gasteiger partial charge in [0.15, 0.2) is 0 Å². The van der Waals surface area contributed by atoms with Crippen LogP contribution < -0.4 is 24.0 Å². The summed E-state index contributed by atoms with van der Waals surface area (Å²) >= 11 is 0. The molecule has 9 heteroatoms. The third-order valence-corrected chi connectivity index (χ3v) is 1.74. The quantitative estimate of drug-likeness (QED) is 0.345. The van der Waals surface area contributed by atoms with Crippen molar-refractivity contribution in [2.75, 3.05) is 5.73 Å². The number of nitrogen functional groups attached to an aromatic ring is 1. The average Bonchev–Trinajstić information content (AvgIpc) is 2.05. The zero-order valence-corrected chi connectivity index (χ0v) is 7.84. The normalized spacial score (nSPS) is 11.1. The van der Waals surface area contributed by atoms with Crippen LogP contribution in [0.15, 0.2) is 18.2 Å². The summed E-state index contributed by atoms with van der Waals surface area (Å²) in [5.74, 6) is -0.779. The van der Waals surface area contributed by atoms with E-state index in [1.807, 2.05) is 0 Å². The molecule has 0 aliphatic heterocycles. The summed E-state index contributed by atoms with van der Waals surface area (Å²) in [6.07, 6.45) is 0. The van der Waals surface area contributed by atoms with Crippen molar-refractivity contribution in [3.63, 3.8) is 0 Å². The van der Waals surface area contributed by atoms with Gasteiger partial charge in [-0.1, -0.05) is 10.4 Å². The molecule has 1 rings (SSSR count). The summed E-state index contributed by atoms with van der Waals surface area (Å²) in [5.41, 5.74) is 4.23. The van der Waals surface area contributed by atoms with E-state index in [9.17, 15) is 24.1 Å². The van der Waals surface area contributed by atoms with Crippen molar-refractivity contribution in [3.8, 4) is 5.75 Å². The molecule has 0 aliphatic rings. The second-order valence-electron chi connectivity index (χ2n) is 2.41. The fourth-order valence-corrected chi connectivity index (χ4v) is 1.22. The maximum atomic E-state index is 10.4. The minimum Gasteiger partial charge on any atom is -0.395 e. The number of rotatable bonds is 3. The largest absolute Gasteiger partial charge is 0.395 e. The molecular formula is C6H5ClN2O6. The Morgan fingerprint density at radius 3 is 2.40 bits per heavy atom. The monoisotopic (exact) mass is 236 g/mol. The number of hydrogen-bond acceptors (Lipinski definition) is 7. The molecule has 0 unspecified atom stereocenters. The van der Waals surface area contributed by atoms with Crippen molar-refractivity contribution in [1.29, 1.82) is 0 Å². The van der Waals surface area contributed by atoms with Gasteiger partial charge in [0.2, 0.25) is 0 Å². The number of hydrogen-bond donors (Lipinski definition) is 1. The highest BCUT2D eigenvalue weighted by Gasteiger charge is 2.31. The van der Waals surface area contributed by atoms with Crippen molar-refractivity contribution in [3.05, 3.63) is 28.3 Å². The van der Waals surface area contributed by atoms with Gasteiger partial charge in [0.1, 0.15) is 10.2 Å². The van der Waals surface area contributed by atoms with Gasteiger partial charge in [-0.2, -0.15) is 14.0 Å². The van der Waals surface area contributed by atoms with Crippen LogP contribution in [-0.2, 0) is 0 Å². The molecule has 15 heavy (non-hydrogen) atoms. The van der Waals surface area contributed by atoms with Crippen molar-refractivity contribution >= 4 is 11.4 Å². The van der Waals surface area contributed by atoms with Crippen molar-refractivity contribution in [2.24, 2.45) is 0 Å². The Kier molecular flexibility index (Phi) is 2.95. The molecule has 0 spiro atoms. The van der Waals surface area contributed by atoms with Gasteiger partial charge in [-0.05, 0) is 6.07 Å². The van der Waals surface area contributed by atoms with Crippen LogP contribution >= 0.6 is 0 Å². The lowest BCUT2D eigenvalue weighted by Crippen LogP contribution is -2.63. The molecule has 0 fully saturated rings. The molecule has 0 amide bonds. The number of halogens is 1.